The van der Waals surface area contributed by atoms with Gasteiger partial charge < -0.3 is 10.1 Å². The quantitative estimate of drug-likeness (QED) is 0.857. The first-order chi connectivity index (χ1) is 9.81. The summed E-state index contributed by atoms with van der Waals surface area (Å²) in [6, 6.07) is 19.5. The minimum Gasteiger partial charge on any atom is -0.489 e. The van der Waals surface area contributed by atoms with Crippen molar-refractivity contribution in [3.8, 4) is 16.9 Å². The van der Waals surface area contributed by atoms with Gasteiger partial charge in [0.05, 0.1) is 0 Å². The van der Waals surface area contributed by atoms with Gasteiger partial charge >= 0.3 is 0 Å². The van der Waals surface area contributed by atoms with E-state index in [1.54, 1.807) is 0 Å². The number of ether oxygens (including phenoxy) is 1. The molecule has 20 heavy (non-hydrogen) atoms. The molecule has 1 atom stereocenters. The normalized spacial score (nSPS) is 15.8. The lowest BCUT2D eigenvalue weighted by molar-refractivity contribution is 0.216. The van der Waals surface area contributed by atoms with Crippen LogP contribution >= 0.6 is 0 Å². The molecule has 0 heterocycles. The minimum absolute atomic E-state index is 0.207. The van der Waals surface area contributed by atoms with Crippen molar-refractivity contribution in [2.45, 2.75) is 31.9 Å². The van der Waals surface area contributed by atoms with Gasteiger partial charge in [-0.25, -0.2) is 0 Å². The highest BCUT2D eigenvalue weighted by Crippen LogP contribution is 2.23. The topological polar surface area (TPSA) is 21.3 Å². The molecule has 3 rings (SSSR count). The van der Waals surface area contributed by atoms with Crippen LogP contribution in [-0.4, -0.2) is 18.7 Å². The monoisotopic (exact) mass is 267 g/mol. The Labute approximate surface area is 120 Å². The summed E-state index contributed by atoms with van der Waals surface area (Å²) >= 11 is 0. The second-order valence-corrected chi connectivity index (χ2v) is 5.50. The summed E-state index contributed by atoms with van der Waals surface area (Å²) in [6.07, 6.45) is 2.84. The summed E-state index contributed by atoms with van der Waals surface area (Å²) in [4.78, 5) is 0. The summed E-state index contributed by atoms with van der Waals surface area (Å²) in [5, 5.41) is 3.49. The fourth-order valence-electron chi connectivity index (χ4n) is 2.25. The van der Waals surface area contributed by atoms with Crippen molar-refractivity contribution in [1.82, 2.24) is 5.32 Å². The lowest BCUT2D eigenvalue weighted by atomic mass is 10.1. The van der Waals surface area contributed by atoms with Crippen LogP contribution in [0.3, 0.4) is 0 Å². The molecule has 0 bridgehead atoms. The third-order valence-electron chi connectivity index (χ3n) is 3.57. The van der Waals surface area contributed by atoms with Crippen LogP contribution in [0.1, 0.15) is 19.8 Å². The number of nitrogens with one attached hydrogen (secondary N) is 1. The van der Waals surface area contributed by atoms with Gasteiger partial charge in [-0.05, 0) is 43.0 Å². The van der Waals surface area contributed by atoms with Gasteiger partial charge in [0.15, 0.2) is 0 Å². The molecule has 2 heteroatoms. The zero-order valence-corrected chi connectivity index (χ0v) is 11.9. The Balaban J connectivity index is 1.58. The van der Waals surface area contributed by atoms with Crippen LogP contribution in [0, 0.1) is 0 Å². The standard InChI is InChI=1S/C18H21NO/c1-14(13-19-17-9-10-17)20-18-11-7-16(8-12-18)15-5-3-2-4-6-15/h2-8,11-12,14,17,19H,9-10,13H2,1H3. The van der Waals surface area contributed by atoms with Gasteiger partial charge in [0, 0.05) is 12.6 Å². The zero-order chi connectivity index (χ0) is 13.8. The third kappa shape index (κ3) is 3.61. The van der Waals surface area contributed by atoms with Crippen LogP contribution < -0.4 is 10.1 Å². The summed E-state index contributed by atoms with van der Waals surface area (Å²) in [7, 11) is 0. The fourth-order valence-corrected chi connectivity index (χ4v) is 2.25. The Morgan fingerprint density at radius 2 is 1.65 bits per heavy atom. The Kier molecular flexibility index (Phi) is 4.03. The molecule has 1 saturated carbocycles. The molecular weight excluding hydrogens is 246 g/mol. The fraction of sp³-hybridized carbons (Fsp3) is 0.333. The zero-order valence-electron chi connectivity index (χ0n) is 11.9. The molecule has 0 radical (unpaired) electrons. The first kappa shape index (κ1) is 13.2. The highest BCUT2D eigenvalue weighted by molar-refractivity contribution is 5.63. The third-order valence-corrected chi connectivity index (χ3v) is 3.57. The van der Waals surface area contributed by atoms with Crippen molar-refractivity contribution in [2.24, 2.45) is 0 Å². The van der Waals surface area contributed by atoms with Crippen LogP contribution in [0.15, 0.2) is 54.6 Å². The summed E-state index contributed by atoms with van der Waals surface area (Å²) < 4.78 is 5.92. The van der Waals surface area contributed by atoms with Gasteiger partial charge in [-0.3, -0.25) is 0 Å². The molecule has 0 spiro atoms. The van der Waals surface area contributed by atoms with Crippen LogP contribution in [0.5, 0.6) is 5.75 Å². The molecule has 0 aliphatic heterocycles. The number of hydrogen-bond donors (Lipinski definition) is 1. The average Bonchev–Trinajstić information content (AvgIpc) is 3.31. The molecule has 0 amide bonds. The molecule has 0 aromatic heterocycles. The minimum atomic E-state index is 0.207. The van der Waals surface area contributed by atoms with Gasteiger partial charge in [0.1, 0.15) is 11.9 Å². The number of hydrogen-bond acceptors (Lipinski definition) is 2. The Morgan fingerprint density at radius 3 is 2.30 bits per heavy atom. The lowest BCUT2D eigenvalue weighted by Gasteiger charge is -2.15. The summed E-state index contributed by atoms with van der Waals surface area (Å²) in [5.74, 6) is 0.940. The van der Waals surface area contributed by atoms with Crippen molar-refractivity contribution in [3.63, 3.8) is 0 Å². The van der Waals surface area contributed by atoms with Crippen LogP contribution in [0.2, 0.25) is 0 Å². The molecule has 104 valence electrons. The van der Waals surface area contributed by atoms with Crippen molar-refractivity contribution in [3.05, 3.63) is 54.6 Å². The largest absolute Gasteiger partial charge is 0.489 e. The second-order valence-electron chi connectivity index (χ2n) is 5.50. The molecule has 1 unspecified atom stereocenters. The molecule has 2 aromatic rings. The van der Waals surface area contributed by atoms with Gasteiger partial charge in [-0.2, -0.15) is 0 Å². The van der Waals surface area contributed by atoms with Gasteiger partial charge in [0.25, 0.3) is 0 Å². The molecule has 1 aliphatic rings. The molecule has 1 fully saturated rings. The first-order valence-electron chi connectivity index (χ1n) is 7.37. The molecule has 2 aromatic carbocycles. The predicted molar refractivity (Wildman–Crippen MR) is 83.0 cm³/mol. The summed E-state index contributed by atoms with van der Waals surface area (Å²) in [6.45, 7) is 3.03. The van der Waals surface area contributed by atoms with E-state index in [0.717, 1.165) is 18.3 Å². The van der Waals surface area contributed by atoms with E-state index in [1.165, 1.54) is 24.0 Å². The number of rotatable bonds is 6. The average molecular weight is 267 g/mol. The molecule has 2 nitrogen and oxygen atoms in total. The van der Waals surface area contributed by atoms with E-state index in [4.69, 9.17) is 4.74 Å². The van der Waals surface area contributed by atoms with Crippen molar-refractivity contribution in [1.29, 1.82) is 0 Å². The molecule has 1 N–H and O–H groups in total. The van der Waals surface area contributed by atoms with E-state index in [2.05, 4.69) is 60.8 Å². The smallest absolute Gasteiger partial charge is 0.119 e. The SMILES string of the molecule is CC(CNC1CC1)Oc1ccc(-c2ccccc2)cc1. The molecule has 0 saturated heterocycles. The van der Waals surface area contributed by atoms with Crippen molar-refractivity contribution < 1.29 is 4.74 Å². The molecular formula is C18H21NO. The van der Waals surface area contributed by atoms with E-state index in [9.17, 15) is 0 Å². The maximum atomic E-state index is 5.92. The maximum absolute atomic E-state index is 5.92. The van der Waals surface area contributed by atoms with Crippen LogP contribution in [0.4, 0.5) is 0 Å². The Morgan fingerprint density at radius 1 is 1.00 bits per heavy atom. The van der Waals surface area contributed by atoms with E-state index in [0.29, 0.717) is 0 Å². The van der Waals surface area contributed by atoms with Crippen LogP contribution in [0.25, 0.3) is 11.1 Å². The van der Waals surface area contributed by atoms with E-state index >= 15 is 0 Å². The van der Waals surface area contributed by atoms with Crippen LogP contribution in [-0.2, 0) is 0 Å². The van der Waals surface area contributed by atoms with E-state index in [1.807, 2.05) is 6.07 Å². The van der Waals surface area contributed by atoms with E-state index in [-0.39, 0.29) is 6.10 Å². The van der Waals surface area contributed by atoms with Gasteiger partial charge in [-0.15, -0.1) is 0 Å². The van der Waals surface area contributed by atoms with Crippen molar-refractivity contribution in [2.75, 3.05) is 6.54 Å². The Hall–Kier alpha value is -1.80. The highest BCUT2D eigenvalue weighted by atomic mass is 16.5. The first-order valence-corrected chi connectivity index (χ1v) is 7.37. The Bertz CT molecular complexity index is 531. The second kappa shape index (κ2) is 6.10. The highest BCUT2D eigenvalue weighted by Gasteiger charge is 2.21. The van der Waals surface area contributed by atoms with Gasteiger partial charge in [-0.1, -0.05) is 42.5 Å². The summed E-state index contributed by atoms with van der Waals surface area (Å²) in [5.41, 5.74) is 2.46. The lowest BCUT2D eigenvalue weighted by Crippen LogP contribution is -2.30. The molecule has 1 aliphatic carbocycles. The number of benzene rings is 2. The van der Waals surface area contributed by atoms with E-state index < -0.39 is 0 Å². The predicted octanol–water partition coefficient (Wildman–Crippen LogP) is 3.87. The van der Waals surface area contributed by atoms with Gasteiger partial charge in [0.2, 0.25) is 0 Å². The maximum Gasteiger partial charge on any atom is 0.119 e. The van der Waals surface area contributed by atoms with Crippen molar-refractivity contribution >= 4 is 0 Å².